The van der Waals surface area contributed by atoms with Gasteiger partial charge in [-0.3, -0.25) is 4.79 Å². The van der Waals surface area contributed by atoms with Crippen LogP contribution in [0.1, 0.15) is 25.3 Å². The zero-order chi connectivity index (χ0) is 13.2. The zero-order valence-electron chi connectivity index (χ0n) is 11.1. The van der Waals surface area contributed by atoms with Gasteiger partial charge in [0.2, 0.25) is 0 Å². The van der Waals surface area contributed by atoms with Crippen LogP contribution in [-0.4, -0.2) is 26.2 Å². The summed E-state index contributed by atoms with van der Waals surface area (Å²) in [5.74, 6) is 0.731. The van der Waals surface area contributed by atoms with Gasteiger partial charge in [0, 0.05) is 13.0 Å². The molecule has 0 aliphatic carbocycles. The van der Waals surface area contributed by atoms with Crippen molar-refractivity contribution in [1.29, 1.82) is 0 Å². The van der Waals surface area contributed by atoms with E-state index in [-0.39, 0.29) is 5.97 Å². The van der Waals surface area contributed by atoms with Crippen LogP contribution >= 0.6 is 0 Å². The standard InChI is InChI=1S/C14H21NO3/c1-3-14(16)18-9-5-8-15-11-12-6-4-7-13(10-12)17-2/h4,6-7,10,15H,3,5,8-9,11H2,1-2H3. The first kappa shape index (κ1) is 14.5. The molecule has 0 radical (unpaired) electrons. The molecule has 0 aliphatic rings. The summed E-state index contributed by atoms with van der Waals surface area (Å²) < 4.78 is 10.1. The molecule has 0 aliphatic heterocycles. The highest BCUT2D eigenvalue weighted by atomic mass is 16.5. The average molecular weight is 251 g/mol. The van der Waals surface area contributed by atoms with E-state index in [0.717, 1.165) is 25.3 Å². The van der Waals surface area contributed by atoms with E-state index in [1.165, 1.54) is 5.56 Å². The second-order valence-electron chi connectivity index (χ2n) is 3.96. The van der Waals surface area contributed by atoms with Crippen LogP contribution < -0.4 is 10.1 Å². The van der Waals surface area contributed by atoms with Crippen LogP contribution in [0.25, 0.3) is 0 Å². The molecule has 0 unspecified atom stereocenters. The Bertz CT molecular complexity index is 366. The maximum Gasteiger partial charge on any atom is 0.305 e. The zero-order valence-corrected chi connectivity index (χ0v) is 11.1. The van der Waals surface area contributed by atoms with Crippen molar-refractivity contribution in [3.63, 3.8) is 0 Å². The lowest BCUT2D eigenvalue weighted by Gasteiger charge is -2.07. The molecule has 0 saturated carbocycles. The molecule has 0 amide bonds. The van der Waals surface area contributed by atoms with E-state index in [2.05, 4.69) is 5.32 Å². The van der Waals surface area contributed by atoms with Crippen LogP contribution in [0.4, 0.5) is 0 Å². The van der Waals surface area contributed by atoms with Gasteiger partial charge in [-0.15, -0.1) is 0 Å². The van der Waals surface area contributed by atoms with E-state index in [1.54, 1.807) is 14.0 Å². The van der Waals surface area contributed by atoms with Crippen molar-refractivity contribution in [3.8, 4) is 5.75 Å². The number of carbonyl (C=O) groups excluding carboxylic acids is 1. The first-order valence-electron chi connectivity index (χ1n) is 6.25. The minimum absolute atomic E-state index is 0.136. The van der Waals surface area contributed by atoms with E-state index < -0.39 is 0 Å². The predicted octanol–water partition coefficient (Wildman–Crippen LogP) is 2.13. The van der Waals surface area contributed by atoms with E-state index in [0.29, 0.717) is 13.0 Å². The molecule has 0 heterocycles. The number of ether oxygens (including phenoxy) is 2. The predicted molar refractivity (Wildman–Crippen MR) is 70.6 cm³/mol. The smallest absolute Gasteiger partial charge is 0.305 e. The number of nitrogens with one attached hydrogen (secondary N) is 1. The molecule has 1 aromatic carbocycles. The quantitative estimate of drug-likeness (QED) is 0.568. The van der Waals surface area contributed by atoms with Gasteiger partial charge in [-0.25, -0.2) is 0 Å². The second-order valence-corrected chi connectivity index (χ2v) is 3.96. The Morgan fingerprint density at radius 2 is 2.22 bits per heavy atom. The summed E-state index contributed by atoms with van der Waals surface area (Å²) in [6, 6.07) is 7.95. The highest BCUT2D eigenvalue weighted by Gasteiger charge is 1.98. The largest absolute Gasteiger partial charge is 0.497 e. The topological polar surface area (TPSA) is 47.6 Å². The summed E-state index contributed by atoms with van der Waals surface area (Å²) >= 11 is 0. The Labute approximate surface area is 108 Å². The van der Waals surface area contributed by atoms with Crippen molar-refractivity contribution in [2.45, 2.75) is 26.3 Å². The summed E-state index contributed by atoms with van der Waals surface area (Å²) in [5, 5.41) is 3.30. The van der Waals surface area contributed by atoms with Gasteiger partial charge in [0.15, 0.2) is 0 Å². The van der Waals surface area contributed by atoms with E-state index in [4.69, 9.17) is 9.47 Å². The van der Waals surface area contributed by atoms with Crippen molar-refractivity contribution >= 4 is 5.97 Å². The van der Waals surface area contributed by atoms with Crippen molar-refractivity contribution < 1.29 is 14.3 Å². The molecule has 0 fully saturated rings. The fourth-order valence-corrected chi connectivity index (χ4v) is 1.50. The van der Waals surface area contributed by atoms with E-state index >= 15 is 0 Å². The maximum absolute atomic E-state index is 10.9. The third kappa shape index (κ3) is 5.68. The Balaban J connectivity index is 2.12. The van der Waals surface area contributed by atoms with Crippen molar-refractivity contribution in [1.82, 2.24) is 5.32 Å². The Kier molecular flexibility index (Phi) is 6.87. The normalized spacial score (nSPS) is 10.1. The Hall–Kier alpha value is -1.55. The molecule has 0 bridgehead atoms. The number of carbonyl (C=O) groups is 1. The summed E-state index contributed by atoms with van der Waals surface area (Å²) in [7, 11) is 1.66. The summed E-state index contributed by atoms with van der Waals surface area (Å²) in [6.07, 6.45) is 1.27. The lowest BCUT2D eigenvalue weighted by Crippen LogP contribution is -2.17. The van der Waals surface area contributed by atoms with Crippen molar-refractivity contribution in [3.05, 3.63) is 29.8 Å². The third-order valence-electron chi connectivity index (χ3n) is 2.51. The van der Waals surface area contributed by atoms with Gasteiger partial charge in [0.25, 0.3) is 0 Å². The van der Waals surface area contributed by atoms with Gasteiger partial charge in [-0.1, -0.05) is 19.1 Å². The van der Waals surface area contributed by atoms with Crippen LogP contribution in [0, 0.1) is 0 Å². The molecular formula is C14H21NO3. The van der Waals surface area contributed by atoms with Crippen LogP contribution in [0.2, 0.25) is 0 Å². The fraction of sp³-hybridized carbons (Fsp3) is 0.500. The number of methoxy groups -OCH3 is 1. The minimum atomic E-state index is -0.136. The Morgan fingerprint density at radius 1 is 1.39 bits per heavy atom. The van der Waals surface area contributed by atoms with Crippen LogP contribution in [0.5, 0.6) is 5.75 Å². The molecule has 0 saturated heterocycles. The number of esters is 1. The van der Waals surface area contributed by atoms with Gasteiger partial charge >= 0.3 is 5.97 Å². The number of rotatable bonds is 8. The highest BCUT2D eigenvalue weighted by molar-refractivity contribution is 5.68. The maximum atomic E-state index is 10.9. The molecular weight excluding hydrogens is 230 g/mol. The average Bonchev–Trinajstić information content (AvgIpc) is 2.42. The first-order valence-corrected chi connectivity index (χ1v) is 6.25. The molecule has 1 N–H and O–H groups in total. The van der Waals surface area contributed by atoms with Gasteiger partial charge < -0.3 is 14.8 Å². The SMILES string of the molecule is CCC(=O)OCCCNCc1cccc(OC)c1. The van der Waals surface area contributed by atoms with Crippen LogP contribution in [0.3, 0.4) is 0 Å². The monoisotopic (exact) mass is 251 g/mol. The Morgan fingerprint density at radius 3 is 2.94 bits per heavy atom. The van der Waals surface area contributed by atoms with Crippen molar-refractivity contribution in [2.24, 2.45) is 0 Å². The second kappa shape index (κ2) is 8.53. The highest BCUT2D eigenvalue weighted by Crippen LogP contribution is 2.11. The minimum Gasteiger partial charge on any atom is -0.497 e. The molecule has 1 aromatic rings. The van der Waals surface area contributed by atoms with Gasteiger partial charge in [-0.05, 0) is 30.7 Å². The van der Waals surface area contributed by atoms with Crippen molar-refractivity contribution in [2.75, 3.05) is 20.3 Å². The third-order valence-corrected chi connectivity index (χ3v) is 2.51. The summed E-state index contributed by atoms with van der Waals surface area (Å²) in [6.45, 7) is 3.90. The van der Waals surface area contributed by atoms with Gasteiger partial charge in [0.05, 0.1) is 13.7 Å². The summed E-state index contributed by atoms with van der Waals surface area (Å²) in [4.78, 5) is 10.9. The van der Waals surface area contributed by atoms with Gasteiger partial charge in [-0.2, -0.15) is 0 Å². The molecule has 0 spiro atoms. The number of hydrogen-bond acceptors (Lipinski definition) is 4. The van der Waals surface area contributed by atoms with Crippen LogP contribution in [-0.2, 0) is 16.1 Å². The number of benzene rings is 1. The molecule has 0 aromatic heterocycles. The lowest BCUT2D eigenvalue weighted by atomic mass is 10.2. The molecule has 100 valence electrons. The van der Waals surface area contributed by atoms with E-state index in [1.807, 2.05) is 24.3 Å². The van der Waals surface area contributed by atoms with Gasteiger partial charge in [0.1, 0.15) is 5.75 Å². The fourth-order valence-electron chi connectivity index (χ4n) is 1.50. The van der Waals surface area contributed by atoms with E-state index in [9.17, 15) is 4.79 Å². The molecule has 0 atom stereocenters. The number of hydrogen-bond donors (Lipinski definition) is 1. The summed E-state index contributed by atoms with van der Waals surface area (Å²) in [5.41, 5.74) is 1.18. The molecule has 1 rings (SSSR count). The van der Waals surface area contributed by atoms with Crippen LogP contribution in [0.15, 0.2) is 24.3 Å². The first-order chi connectivity index (χ1) is 8.76. The molecule has 18 heavy (non-hydrogen) atoms. The lowest BCUT2D eigenvalue weighted by molar-refractivity contribution is -0.143. The molecule has 4 heteroatoms. The molecule has 4 nitrogen and oxygen atoms in total.